The number of H-pyrrole nitrogens is 1. The highest BCUT2D eigenvalue weighted by Gasteiger charge is 2.22. The summed E-state index contributed by atoms with van der Waals surface area (Å²) in [5, 5.41) is 9.06. The first-order valence-electron chi connectivity index (χ1n) is 11.4. The molecule has 1 N–H and O–H groups in total. The Kier molecular flexibility index (Phi) is 5.19. The Labute approximate surface area is 201 Å². The van der Waals surface area contributed by atoms with Crippen LogP contribution >= 0.6 is 11.6 Å². The topological polar surface area (TPSA) is 84.8 Å². The Bertz CT molecular complexity index is 1520. The predicted molar refractivity (Wildman–Crippen MR) is 134 cm³/mol. The van der Waals surface area contributed by atoms with E-state index in [4.69, 9.17) is 21.3 Å². The molecule has 0 unspecified atom stereocenters. The van der Waals surface area contributed by atoms with Gasteiger partial charge in [0.15, 0.2) is 5.82 Å². The van der Waals surface area contributed by atoms with Gasteiger partial charge in [-0.3, -0.25) is 14.6 Å². The van der Waals surface area contributed by atoms with E-state index in [-0.39, 0.29) is 0 Å². The van der Waals surface area contributed by atoms with Gasteiger partial charge in [-0.15, -0.1) is 0 Å². The number of ether oxygens (including phenoxy) is 1. The third-order valence-corrected chi connectivity index (χ3v) is 6.59. The predicted octanol–water partition coefficient (Wildman–Crippen LogP) is 4.72. The van der Waals surface area contributed by atoms with Crippen LogP contribution in [0, 0.1) is 6.92 Å². The summed E-state index contributed by atoms with van der Waals surface area (Å²) in [5.74, 6) is 2.37. The van der Waals surface area contributed by atoms with Gasteiger partial charge in [0.2, 0.25) is 0 Å². The minimum atomic E-state index is 0.632. The molecule has 172 valence electrons. The molecule has 1 saturated heterocycles. The van der Waals surface area contributed by atoms with Crippen LogP contribution in [0.2, 0.25) is 5.02 Å². The summed E-state index contributed by atoms with van der Waals surface area (Å²) >= 11 is 6.49. The van der Waals surface area contributed by atoms with Crippen molar-refractivity contribution in [1.82, 2.24) is 29.7 Å². The summed E-state index contributed by atoms with van der Waals surface area (Å²) < 4.78 is 7.82. The first-order chi connectivity index (χ1) is 16.6. The van der Waals surface area contributed by atoms with Crippen molar-refractivity contribution in [2.75, 3.05) is 31.2 Å². The van der Waals surface area contributed by atoms with Crippen LogP contribution in [-0.2, 0) is 11.2 Å². The van der Waals surface area contributed by atoms with Crippen molar-refractivity contribution in [1.29, 1.82) is 0 Å². The van der Waals surface area contributed by atoms with Crippen molar-refractivity contribution in [3.05, 3.63) is 59.3 Å². The molecule has 1 fully saturated rings. The van der Waals surface area contributed by atoms with Gasteiger partial charge in [0, 0.05) is 36.8 Å². The highest BCUT2D eigenvalue weighted by Crippen LogP contribution is 2.36. The molecular formula is C25H24ClN7O. The second-order valence-electron chi connectivity index (χ2n) is 8.39. The smallest absolute Gasteiger partial charge is 0.183 e. The van der Waals surface area contributed by atoms with Crippen molar-refractivity contribution in [3.63, 3.8) is 0 Å². The molecule has 0 atom stereocenters. The molecule has 0 aliphatic carbocycles. The van der Waals surface area contributed by atoms with Crippen LogP contribution in [0.1, 0.15) is 18.6 Å². The van der Waals surface area contributed by atoms with Crippen LogP contribution in [0.25, 0.3) is 39.0 Å². The third kappa shape index (κ3) is 3.41. The summed E-state index contributed by atoms with van der Waals surface area (Å²) in [6, 6.07) is 12.3. The fraction of sp³-hybridized carbons (Fsp3) is 0.280. The lowest BCUT2D eigenvalue weighted by molar-refractivity contribution is 0.122. The van der Waals surface area contributed by atoms with Crippen LogP contribution < -0.4 is 4.90 Å². The molecular weight excluding hydrogens is 450 g/mol. The zero-order chi connectivity index (χ0) is 23.2. The maximum absolute atomic E-state index is 6.49. The van der Waals surface area contributed by atoms with E-state index in [0.29, 0.717) is 24.1 Å². The van der Waals surface area contributed by atoms with Gasteiger partial charge in [-0.1, -0.05) is 30.7 Å². The average molecular weight is 474 g/mol. The number of aromatic amines is 1. The van der Waals surface area contributed by atoms with Gasteiger partial charge in [-0.05, 0) is 31.2 Å². The largest absolute Gasteiger partial charge is 0.378 e. The molecule has 34 heavy (non-hydrogen) atoms. The van der Waals surface area contributed by atoms with E-state index in [1.165, 1.54) is 0 Å². The standard InChI is InChI=1S/C25H24ClN7O/c1-3-22-29-24-18(25-28-15(2)30-31-25)13-16(32-9-11-34-12-10-32)14-21(24)33(22)20-7-8-27-23-17(20)5-4-6-19(23)26/h4-8,13-14H,3,9-12H2,1-2H3,(H,28,30,31). The molecule has 5 aromatic rings. The Balaban J connectivity index is 1.68. The van der Waals surface area contributed by atoms with Crippen molar-refractivity contribution in [2.24, 2.45) is 0 Å². The zero-order valence-electron chi connectivity index (χ0n) is 19.0. The number of rotatable bonds is 4. The Morgan fingerprint density at radius 3 is 2.71 bits per heavy atom. The van der Waals surface area contributed by atoms with E-state index in [1.807, 2.05) is 25.1 Å². The summed E-state index contributed by atoms with van der Waals surface area (Å²) in [7, 11) is 0. The summed E-state index contributed by atoms with van der Waals surface area (Å²) in [6.45, 7) is 7.11. The molecule has 9 heteroatoms. The van der Waals surface area contributed by atoms with Gasteiger partial charge >= 0.3 is 0 Å². The Hall–Kier alpha value is -3.49. The Morgan fingerprint density at radius 2 is 1.94 bits per heavy atom. The number of benzene rings is 2. The number of halogens is 1. The first kappa shape index (κ1) is 21.1. The number of nitrogens with one attached hydrogen (secondary N) is 1. The van der Waals surface area contributed by atoms with E-state index in [1.54, 1.807) is 6.20 Å². The highest BCUT2D eigenvalue weighted by molar-refractivity contribution is 6.35. The van der Waals surface area contributed by atoms with Crippen molar-refractivity contribution < 1.29 is 4.74 Å². The van der Waals surface area contributed by atoms with Crippen LogP contribution in [0.3, 0.4) is 0 Å². The summed E-state index contributed by atoms with van der Waals surface area (Å²) in [6.07, 6.45) is 2.57. The number of hydrogen-bond acceptors (Lipinski definition) is 6. The van der Waals surface area contributed by atoms with E-state index in [0.717, 1.165) is 70.0 Å². The average Bonchev–Trinajstić information content (AvgIpc) is 3.47. The van der Waals surface area contributed by atoms with Gasteiger partial charge in [0.25, 0.3) is 0 Å². The molecule has 4 heterocycles. The second-order valence-corrected chi connectivity index (χ2v) is 8.80. The molecule has 1 aliphatic rings. The number of imidazole rings is 1. The lowest BCUT2D eigenvalue weighted by Crippen LogP contribution is -2.36. The SMILES string of the molecule is CCc1nc2c(-c3n[nH]c(C)n3)cc(N3CCOCC3)cc2n1-c1ccnc2c(Cl)cccc12. The van der Waals surface area contributed by atoms with Crippen molar-refractivity contribution in [3.8, 4) is 17.1 Å². The molecule has 0 spiro atoms. The monoisotopic (exact) mass is 473 g/mol. The zero-order valence-corrected chi connectivity index (χ0v) is 19.8. The number of para-hydroxylation sites is 1. The molecule has 0 amide bonds. The fourth-order valence-corrected chi connectivity index (χ4v) is 4.90. The number of hydrogen-bond donors (Lipinski definition) is 1. The summed E-state index contributed by atoms with van der Waals surface area (Å²) in [4.78, 5) is 16.6. The van der Waals surface area contributed by atoms with Gasteiger partial charge in [0.1, 0.15) is 17.2 Å². The van der Waals surface area contributed by atoms with E-state index in [2.05, 4.69) is 54.8 Å². The lowest BCUT2D eigenvalue weighted by atomic mass is 10.1. The number of nitrogens with zero attached hydrogens (tertiary/aromatic N) is 6. The van der Waals surface area contributed by atoms with Gasteiger partial charge in [-0.25, -0.2) is 9.97 Å². The van der Waals surface area contributed by atoms with Gasteiger partial charge in [0.05, 0.1) is 40.5 Å². The van der Waals surface area contributed by atoms with Gasteiger partial charge in [-0.2, -0.15) is 5.10 Å². The maximum atomic E-state index is 6.49. The van der Waals surface area contributed by atoms with Crippen LogP contribution in [0.15, 0.2) is 42.6 Å². The molecule has 1 aliphatic heterocycles. The van der Waals surface area contributed by atoms with Crippen molar-refractivity contribution in [2.45, 2.75) is 20.3 Å². The molecule has 6 rings (SSSR count). The number of aromatic nitrogens is 6. The number of morpholine rings is 1. The van der Waals surface area contributed by atoms with Gasteiger partial charge < -0.3 is 9.64 Å². The van der Waals surface area contributed by atoms with Crippen molar-refractivity contribution >= 4 is 39.2 Å². The summed E-state index contributed by atoms with van der Waals surface area (Å²) in [5.41, 5.74) is 5.68. The van der Waals surface area contributed by atoms with E-state index in [9.17, 15) is 0 Å². The van der Waals surface area contributed by atoms with Crippen LogP contribution in [0.4, 0.5) is 5.69 Å². The quantitative estimate of drug-likeness (QED) is 0.406. The van der Waals surface area contributed by atoms with Crippen LogP contribution in [0.5, 0.6) is 0 Å². The molecule has 3 aromatic heterocycles. The minimum absolute atomic E-state index is 0.632. The lowest BCUT2D eigenvalue weighted by Gasteiger charge is -2.29. The number of aryl methyl sites for hydroxylation is 2. The second kappa shape index (κ2) is 8.38. The van der Waals surface area contributed by atoms with E-state index >= 15 is 0 Å². The Morgan fingerprint density at radius 1 is 1.09 bits per heavy atom. The highest BCUT2D eigenvalue weighted by atomic mass is 35.5. The van der Waals surface area contributed by atoms with Crippen LogP contribution in [-0.4, -0.2) is 56.0 Å². The van der Waals surface area contributed by atoms with E-state index < -0.39 is 0 Å². The molecule has 0 bridgehead atoms. The molecule has 2 aromatic carbocycles. The number of anilines is 1. The normalized spacial score (nSPS) is 14.4. The third-order valence-electron chi connectivity index (χ3n) is 6.28. The number of fused-ring (bicyclic) bond motifs is 2. The minimum Gasteiger partial charge on any atom is -0.378 e. The number of pyridine rings is 1. The molecule has 0 radical (unpaired) electrons. The molecule has 8 nitrogen and oxygen atoms in total. The maximum Gasteiger partial charge on any atom is 0.183 e. The molecule has 0 saturated carbocycles. The fourth-order valence-electron chi connectivity index (χ4n) is 4.67. The first-order valence-corrected chi connectivity index (χ1v) is 11.8.